The third-order valence-electron chi connectivity index (χ3n) is 2.33. The van der Waals surface area contributed by atoms with Crippen molar-refractivity contribution in [3.05, 3.63) is 5.82 Å². The molecule has 0 spiro atoms. The molecule has 1 atom stereocenters. The Bertz CT molecular complexity index is 295. The van der Waals surface area contributed by atoms with Crippen LogP contribution in [0.4, 0.5) is 5.13 Å². The molecule has 15 heavy (non-hydrogen) atoms. The van der Waals surface area contributed by atoms with Crippen LogP contribution in [0.3, 0.4) is 0 Å². The molecule has 5 heteroatoms. The van der Waals surface area contributed by atoms with E-state index in [0.717, 1.165) is 11.0 Å². The lowest BCUT2D eigenvalue weighted by Gasteiger charge is -2.19. The molecule has 0 saturated carbocycles. The maximum Gasteiger partial charge on any atom is 0.202 e. The molecule has 1 aromatic rings. The summed E-state index contributed by atoms with van der Waals surface area (Å²) in [5.74, 6) is 1.79. The lowest BCUT2D eigenvalue weighted by molar-refractivity contribution is 0.531. The minimum atomic E-state index is 0.276. The van der Waals surface area contributed by atoms with Crippen LogP contribution >= 0.6 is 11.5 Å². The zero-order valence-corrected chi connectivity index (χ0v) is 10.6. The largest absolute Gasteiger partial charge is 0.356 e. The highest BCUT2D eigenvalue weighted by molar-refractivity contribution is 7.09. The summed E-state index contributed by atoms with van der Waals surface area (Å²) < 4.78 is 4.29. The van der Waals surface area contributed by atoms with Crippen molar-refractivity contribution in [1.29, 1.82) is 0 Å². The smallest absolute Gasteiger partial charge is 0.202 e. The molecule has 1 aromatic heterocycles. The Morgan fingerprint density at radius 3 is 2.40 bits per heavy atom. The summed E-state index contributed by atoms with van der Waals surface area (Å²) in [4.78, 5) is 4.42. The summed E-state index contributed by atoms with van der Waals surface area (Å²) in [6.45, 7) is 9.10. The third-order valence-corrected chi connectivity index (χ3v) is 2.99. The molecule has 0 amide bonds. The van der Waals surface area contributed by atoms with Crippen molar-refractivity contribution < 1.29 is 0 Å². The van der Waals surface area contributed by atoms with Crippen LogP contribution in [0, 0.1) is 5.92 Å². The zero-order chi connectivity index (χ0) is 11.4. The topological polar surface area (TPSA) is 63.8 Å². The van der Waals surface area contributed by atoms with Crippen LogP contribution in [-0.2, 0) is 0 Å². The zero-order valence-electron chi connectivity index (χ0n) is 9.82. The van der Waals surface area contributed by atoms with Crippen LogP contribution in [0.25, 0.3) is 0 Å². The molecule has 0 fully saturated rings. The van der Waals surface area contributed by atoms with Gasteiger partial charge in [0.25, 0.3) is 0 Å². The lowest BCUT2D eigenvalue weighted by Crippen LogP contribution is -2.33. The number of hydrogen-bond acceptors (Lipinski definition) is 5. The quantitative estimate of drug-likeness (QED) is 0.809. The van der Waals surface area contributed by atoms with Gasteiger partial charge in [0, 0.05) is 30.0 Å². The van der Waals surface area contributed by atoms with E-state index >= 15 is 0 Å². The highest BCUT2D eigenvalue weighted by Crippen LogP contribution is 2.19. The summed E-state index contributed by atoms with van der Waals surface area (Å²) in [7, 11) is 0. The van der Waals surface area contributed by atoms with Gasteiger partial charge in [0.2, 0.25) is 5.13 Å². The van der Waals surface area contributed by atoms with Gasteiger partial charge in [0.05, 0.1) is 0 Å². The Kier molecular flexibility index (Phi) is 4.47. The second-order valence-electron chi connectivity index (χ2n) is 4.34. The molecule has 1 unspecified atom stereocenters. The molecule has 1 rings (SSSR count). The van der Waals surface area contributed by atoms with Gasteiger partial charge in [0.15, 0.2) is 0 Å². The van der Waals surface area contributed by atoms with E-state index in [9.17, 15) is 0 Å². The van der Waals surface area contributed by atoms with E-state index < -0.39 is 0 Å². The number of hydrogen-bond donors (Lipinski definition) is 2. The Morgan fingerprint density at radius 2 is 2.00 bits per heavy atom. The standard InChI is InChI=1S/C10H20N4S/c1-6(2)8(5-11)12-10-13-9(7(3)4)14-15-10/h6-8H,5,11H2,1-4H3,(H,12,13,14). The van der Waals surface area contributed by atoms with Gasteiger partial charge in [-0.1, -0.05) is 27.7 Å². The number of nitrogens with two attached hydrogens (primary N) is 1. The highest BCUT2D eigenvalue weighted by Gasteiger charge is 2.14. The average molecular weight is 228 g/mol. The van der Waals surface area contributed by atoms with Gasteiger partial charge in [0.1, 0.15) is 5.82 Å². The molecule has 0 aliphatic heterocycles. The number of rotatable bonds is 5. The Hall–Kier alpha value is -0.680. The van der Waals surface area contributed by atoms with Crippen LogP contribution in [0.2, 0.25) is 0 Å². The van der Waals surface area contributed by atoms with Crippen molar-refractivity contribution in [2.45, 2.75) is 39.7 Å². The monoisotopic (exact) mass is 228 g/mol. The SMILES string of the molecule is CC(C)c1nsc(NC(CN)C(C)C)n1. The van der Waals surface area contributed by atoms with E-state index in [-0.39, 0.29) is 6.04 Å². The predicted octanol–water partition coefficient (Wildman–Crippen LogP) is 2.06. The maximum absolute atomic E-state index is 5.68. The minimum Gasteiger partial charge on any atom is -0.356 e. The van der Waals surface area contributed by atoms with E-state index in [1.807, 2.05) is 0 Å². The first-order valence-electron chi connectivity index (χ1n) is 5.34. The molecular weight excluding hydrogens is 208 g/mol. The summed E-state index contributed by atoms with van der Waals surface area (Å²) in [6, 6.07) is 0.276. The fraction of sp³-hybridized carbons (Fsp3) is 0.800. The van der Waals surface area contributed by atoms with Gasteiger partial charge >= 0.3 is 0 Å². The molecule has 0 radical (unpaired) electrons. The molecule has 0 aliphatic carbocycles. The molecule has 0 bridgehead atoms. The molecule has 0 aliphatic rings. The fourth-order valence-corrected chi connectivity index (χ4v) is 1.95. The predicted molar refractivity (Wildman–Crippen MR) is 65.3 cm³/mol. The maximum atomic E-state index is 5.68. The van der Waals surface area contributed by atoms with E-state index in [2.05, 4.69) is 42.4 Å². The molecule has 1 heterocycles. The second-order valence-corrected chi connectivity index (χ2v) is 5.09. The number of anilines is 1. The highest BCUT2D eigenvalue weighted by atomic mass is 32.1. The van der Waals surface area contributed by atoms with Crippen molar-refractivity contribution in [2.24, 2.45) is 11.7 Å². The van der Waals surface area contributed by atoms with Gasteiger partial charge in [-0.25, -0.2) is 4.98 Å². The molecule has 4 nitrogen and oxygen atoms in total. The summed E-state index contributed by atoms with van der Waals surface area (Å²) in [5.41, 5.74) is 5.68. The third kappa shape index (κ3) is 3.43. The molecule has 0 saturated heterocycles. The van der Waals surface area contributed by atoms with Crippen molar-refractivity contribution in [2.75, 3.05) is 11.9 Å². The first-order chi connectivity index (χ1) is 7.04. The van der Waals surface area contributed by atoms with Gasteiger partial charge < -0.3 is 11.1 Å². The van der Waals surface area contributed by atoms with Crippen molar-refractivity contribution in [3.63, 3.8) is 0 Å². The van der Waals surface area contributed by atoms with Crippen LogP contribution < -0.4 is 11.1 Å². The Balaban J connectivity index is 2.63. The number of nitrogens with zero attached hydrogens (tertiary/aromatic N) is 2. The lowest BCUT2D eigenvalue weighted by atomic mass is 10.1. The Labute approximate surface area is 95.5 Å². The van der Waals surface area contributed by atoms with Gasteiger partial charge in [-0.2, -0.15) is 4.37 Å². The molecule has 86 valence electrons. The van der Waals surface area contributed by atoms with E-state index in [1.165, 1.54) is 11.5 Å². The van der Waals surface area contributed by atoms with Crippen LogP contribution in [0.15, 0.2) is 0 Å². The molecule has 3 N–H and O–H groups in total. The van der Waals surface area contributed by atoms with E-state index in [1.54, 1.807) is 0 Å². The van der Waals surface area contributed by atoms with Crippen molar-refractivity contribution >= 4 is 16.7 Å². The van der Waals surface area contributed by atoms with E-state index in [4.69, 9.17) is 5.73 Å². The first kappa shape index (κ1) is 12.4. The first-order valence-corrected chi connectivity index (χ1v) is 6.12. The van der Waals surface area contributed by atoms with Gasteiger partial charge in [-0.05, 0) is 5.92 Å². The van der Waals surface area contributed by atoms with Crippen LogP contribution in [0.5, 0.6) is 0 Å². The minimum absolute atomic E-state index is 0.276. The van der Waals surface area contributed by atoms with Gasteiger partial charge in [-0.15, -0.1) is 0 Å². The van der Waals surface area contributed by atoms with E-state index in [0.29, 0.717) is 18.4 Å². The van der Waals surface area contributed by atoms with Crippen molar-refractivity contribution in [3.8, 4) is 0 Å². The average Bonchev–Trinajstić information content (AvgIpc) is 2.61. The van der Waals surface area contributed by atoms with Crippen LogP contribution in [-0.4, -0.2) is 21.9 Å². The second kappa shape index (κ2) is 5.42. The number of aromatic nitrogens is 2. The fourth-order valence-electron chi connectivity index (χ4n) is 1.18. The number of nitrogens with one attached hydrogen (secondary N) is 1. The van der Waals surface area contributed by atoms with Crippen LogP contribution in [0.1, 0.15) is 39.4 Å². The summed E-state index contributed by atoms with van der Waals surface area (Å²) >= 11 is 1.41. The van der Waals surface area contributed by atoms with Gasteiger partial charge in [-0.3, -0.25) is 0 Å². The summed E-state index contributed by atoms with van der Waals surface area (Å²) in [6.07, 6.45) is 0. The molecular formula is C10H20N4S. The summed E-state index contributed by atoms with van der Waals surface area (Å²) in [5, 5.41) is 4.20. The molecule has 0 aromatic carbocycles. The van der Waals surface area contributed by atoms with Crippen molar-refractivity contribution in [1.82, 2.24) is 9.36 Å². The Morgan fingerprint density at radius 1 is 1.33 bits per heavy atom. The normalized spacial score (nSPS) is 13.5.